The average molecular weight is 302 g/mol. The second-order valence-corrected chi connectivity index (χ2v) is 5.91. The molecule has 21 heavy (non-hydrogen) atoms. The number of thioether (sulfide) groups is 1. The molecule has 0 aliphatic carbocycles. The lowest BCUT2D eigenvalue weighted by Gasteiger charge is -2.30. The normalized spacial score (nSPS) is 20.5. The molecule has 3 nitrogen and oxygen atoms in total. The van der Waals surface area contributed by atoms with E-state index >= 15 is 0 Å². The van der Waals surface area contributed by atoms with E-state index < -0.39 is 6.10 Å². The van der Waals surface area contributed by atoms with Gasteiger partial charge in [-0.25, -0.2) is 0 Å². The first-order valence-electron chi connectivity index (χ1n) is 6.88. The molecule has 110 valence electrons. The summed E-state index contributed by atoms with van der Waals surface area (Å²) in [6.07, 6.45) is 1.98. The predicted octanol–water partition coefficient (Wildman–Crippen LogP) is 3.97. The van der Waals surface area contributed by atoms with Gasteiger partial charge in [-0.05, 0) is 36.1 Å². The van der Waals surface area contributed by atoms with E-state index in [9.17, 15) is 5.11 Å². The van der Waals surface area contributed by atoms with Gasteiger partial charge in [-0.3, -0.25) is 0 Å². The van der Waals surface area contributed by atoms with Crippen LogP contribution in [0.2, 0.25) is 0 Å². The van der Waals surface area contributed by atoms with Crippen molar-refractivity contribution in [1.29, 1.82) is 0 Å². The van der Waals surface area contributed by atoms with E-state index in [4.69, 9.17) is 9.47 Å². The number of rotatable bonds is 3. The molecule has 2 aromatic rings. The second kappa shape index (κ2) is 6.00. The highest BCUT2D eigenvalue weighted by Gasteiger charge is 2.28. The predicted molar refractivity (Wildman–Crippen MR) is 84.2 cm³/mol. The van der Waals surface area contributed by atoms with Gasteiger partial charge in [0, 0.05) is 22.9 Å². The summed E-state index contributed by atoms with van der Waals surface area (Å²) in [6, 6.07) is 13.8. The number of fused-ring (bicyclic) bond motifs is 1. The molecule has 0 spiro atoms. The Morgan fingerprint density at radius 2 is 1.95 bits per heavy atom. The largest absolute Gasteiger partial charge is 0.497 e. The quantitative estimate of drug-likeness (QED) is 0.871. The van der Waals surface area contributed by atoms with E-state index in [1.54, 1.807) is 18.9 Å². The number of hydrogen-bond donors (Lipinski definition) is 1. The van der Waals surface area contributed by atoms with Crippen LogP contribution in [0.5, 0.6) is 11.5 Å². The average Bonchev–Trinajstić information content (AvgIpc) is 2.54. The van der Waals surface area contributed by atoms with Crippen LogP contribution in [0, 0.1) is 0 Å². The second-order valence-electron chi connectivity index (χ2n) is 5.03. The van der Waals surface area contributed by atoms with E-state index in [0.29, 0.717) is 12.2 Å². The van der Waals surface area contributed by atoms with Crippen molar-refractivity contribution in [3.8, 4) is 11.5 Å². The fraction of sp³-hybridized carbons (Fsp3) is 0.294. The highest BCUT2D eigenvalue weighted by Crippen LogP contribution is 2.42. The number of aliphatic hydroxyl groups excluding tert-OH is 1. The van der Waals surface area contributed by atoms with E-state index in [1.165, 1.54) is 4.90 Å². The summed E-state index contributed by atoms with van der Waals surface area (Å²) < 4.78 is 11.3. The Labute approximate surface area is 128 Å². The molecular formula is C17H18O3S. The topological polar surface area (TPSA) is 38.7 Å². The molecule has 0 bridgehead atoms. The molecule has 3 rings (SSSR count). The number of ether oxygens (including phenoxy) is 2. The van der Waals surface area contributed by atoms with Crippen LogP contribution < -0.4 is 9.47 Å². The Morgan fingerprint density at radius 1 is 1.19 bits per heavy atom. The van der Waals surface area contributed by atoms with Crippen molar-refractivity contribution < 1.29 is 14.6 Å². The first-order valence-corrected chi connectivity index (χ1v) is 8.10. The summed E-state index contributed by atoms with van der Waals surface area (Å²) in [4.78, 5) is 1.22. The Kier molecular flexibility index (Phi) is 4.08. The molecular weight excluding hydrogens is 284 g/mol. The summed E-state index contributed by atoms with van der Waals surface area (Å²) in [7, 11) is 1.62. The molecule has 0 saturated heterocycles. The van der Waals surface area contributed by atoms with Gasteiger partial charge in [0.05, 0.1) is 13.2 Å². The number of benzene rings is 2. The maximum Gasteiger partial charge on any atom is 0.129 e. The molecule has 0 radical (unpaired) electrons. The van der Waals surface area contributed by atoms with Gasteiger partial charge >= 0.3 is 0 Å². The van der Waals surface area contributed by atoms with Crippen molar-refractivity contribution in [2.45, 2.75) is 23.5 Å². The Balaban J connectivity index is 1.89. The van der Waals surface area contributed by atoms with Gasteiger partial charge in [0.2, 0.25) is 0 Å². The summed E-state index contributed by atoms with van der Waals surface area (Å²) >= 11 is 1.71. The van der Waals surface area contributed by atoms with Gasteiger partial charge in [-0.2, -0.15) is 0 Å². The van der Waals surface area contributed by atoms with Gasteiger partial charge in [0.1, 0.15) is 17.6 Å². The molecule has 0 saturated carbocycles. The third kappa shape index (κ3) is 2.87. The summed E-state index contributed by atoms with van der Waals surface area (Å²) in [5.74, 6) is 1.44. The maximum atomic E-state index is 10.3. The molecule has 1 aliphatic heterocycles. The zero-order valence-electron chi connectivity index (χ0n) is 12.1. The summed E-state index contributed by atoms with van der Waals surface area (Å²) in [5, 5.41) is 10.3. The monoisotopic (exact) mass is 302 g/mol. The first kappa shape index (κ1) is 14.3. The van der Waals surface area contributed by atoms with Crippen LogP contribution in [-0.2, 0) is 0 Å². The fourth-order valence-electron chi connectivity index (χ4n) is 2.57. The standard InChI is InChI=1S/C17H18O3S/c1-19-12-5-8-14-15(18)10-16(20-17(14)9-12)11-3-6-13(21-2)7-4-11/h3-9,15-16,18H,10H2,1-2H3/t15-,16?/m0/s1. The smallest absolute Gasteiger partial charge is 0.129 e. The third-order valence-electron chi connectivity index (χ3n) is 3.77. The molecule has 1 N–H and O–H groups in total. The fourth-order valence-corrected chi connectivity index (χ4v) is 2.98. The molecule has 4 heteroatoms. The third-order valence-corrected chi connectivity index (χ3v) is 4.52. The van der Waals surface area contributed by atoms with Gasteiger partial charge in [-0.15, -0.1) is 11.8 Å². The van der Waals surface area contributed by atoms with Crippen LogP contribution in [0.4, 0.5) is 0 Å². The number of hydrogen-bond acceptors (Lipinski definition) is 4. The zero-order chi connectivity index (χ0) is 14.8. The molecule has 2 aromatic carbocycles. The molecule has 0 fully saturated rings. The molecule has 1 aliphatic rings. The van der Waals surface area contributed by atoms with Crippen LogP contribution in [-0.4, -0.2) is 18.5 Å². The van der Waals surface area contributed by atoms with Gasteiger partial charge in [-0.1, -0.05) is 12.1 Å². The van der Waals surface area contributed by atoms with E-state index in [2.05, 4.69) is 30.5 Å². The summed E-state index contributed by atoms with van der Waals surface area (Å²) in [6.45, 7) is 0. The SMILES string of the molecule is COc1ccc2c(c1)OC(c1ccc(SC)cc1)C[C@@H]2O. The van der Waals surface area contributed by atoms with Crippen LogP contribution in [0.25, 0.3) is 0 Å². The highest BCUT2D eigenvalue weighted by molar-refractivity contribution is 7.98. The maximum absolute atomic E-state index is 10.3. The van der Waals surface area contributed by atoms with Gasteiger partial charge in [0.15, 0.2) is 0 Å². The zero-order valence-corrected chi connectivity index (χ0v) is 12.9. The lowest BCUT2D eigenvalue weighted by Crippen LogP contribution is -2.19. The molecule has 0 amide bonds. The van der Waals surface area contributed by atoms with Crippen molar-refractivity contribution in [2.24, 2.45) is 0 Å². The lowest BCUT2D eigenvalue weighted by molar-refractivity contribution is 0.0654. The van der Waals surface area contributed by atoms with Crippen molar-refractivity contribution in [3.05, 3.63) is 53.6 Å². The number of methoxy groups -OCH3 is 1. The van der Waals surface area contributed by atoms with Crippen molar-refractivity contribution in [1.82, 2.24) is 0 Å². The minimum absolute atomic E-state index is 0.129. The minimum atomic E-state index is -0.509. The molecule has 2 atom stereocenters. The van der Waals surface area contributed by atoms with Crippen molar-refractivity contribution in [2.75, 3.05) is 13.4 Å². The van der Waals surface area contributed by atoms with Crippen LogP contribution in [0.15, 0.2) is 47.4 Å². The number of aliphatic hydroxyl groups is 1. The van der Waals surface area contributed by atoms with E-state index in [0.717, 1.165) is 16.9 Å². The van der Waals surface area contributed by atoms with Crippen LogP contribution in [0.1, 0.15) is 29.8 Å². The Morgan fingerprint density at radius 3 is 2.62 bits per heavy atom. The van der Waals surface area contributed by atoms with Crippen molar-refractivity contribution >= 4 is 11.8 Å². The van der Waals surface area contributed by atoms with Crippen LogP contribution >= 0.6 is 11.8 Å². The molecule has 1 unspecified atom stereocenters. The Bertz CT molecular complexity index is 624. The molecule has 0 aromatic heterocycles. The van der Waals surface area contributed by atoms with Crippen LogP contribution in [0.3, 0.4) is 0 Å². The first-order chi connectivity index (χ1) is 10.2. The minimum Gasteiger partial charge on any atom is -0.497 e. The van der Waals surface area contributed by atoms with Gasteiger partial charge in [0.25, 0.3) is 0 Å². The molecule has 1 heterocycles. The lowest BCUT2D eigenvalue weighted by atomic mass is 9.95. The summed E-state index contributed by atoms with van der Waals surface area (Å²) in [5.41, 5.74) is 1.91. The van der Waals surface area contributed by atoms with E-state index in [-0.39, 0.29) is 6.10 Å². The van der Waals surface area contributed by atoms with E-state index in [1.807, 2.05) is 18.2 Å². The van der Waals surface area contributed by atoms with Crippen molar-refractivity contribution in [3.63, 3.8) is 0 Å². The Hall–Kier alpha value is -1.65. The van der Waals surface area contributed by atoms with Gasteiger partial charge < -0.3 is 14.6 Å². The highest BCUT2D eigenvalue weighted by atomic mass is 32.2.